The molecule has 1 saturated carbocycles. The highest BCUT2D eigenvalue weighted by Gasteiger charge is 2.33. The number of hydrogen-bond acceptors (Lipinski definition) is 1. The molecule has 0 unspecified atom stereocenters. The first kappa shape index (κ1) is 11.1. The van der Waals surface area contributed by atoms with E-state index in [1.165, 1.54) is 0 Å². The summed E-state index contributed by atoms with van der Waals surface area (Å²) in [5.41, 5.74) is 0. The number of amides is 2. The third-order valence-electron chi connectivity index (χ3n) is 2.59. The third-order valence-corrected chi connectivity index (χ3v) is 2.59. The van der Waals surface area contributed by atoms with E-state index in [1.54, 1.807) is 6.08 Å². The van der Waals surface area contributed by atoms with Crippen molar-refractivity contribution >= 4 is 6.03 Å². The Morgan fingerprint density at radius 3 is 2.36 bits per heavy atom. The topological polar surface area (TPSA) is 23.6 Å². The molecule has 0 saturated heterocycles. The molecule has 0 heterocycles. The van der Waals surface area contributed by atoms with Gasteiger partial charge in [-0.2, -0.15) is 0 Å². The molecule has 0 radical (unpaired) electrons. The Hall–Kier alpha value is -0.990. The molecule has 2 amide bonds. The van der Waals surface area contributed by atoms with Crippen LogP contribution in [-0.4, -0.2) is 41.5 Å². The summed E-state index contributed by atoms with van der Waals surface area (Å²) in [5, 5.41) is 0. The fourth-order valence-corrected chi connectivity index (χ4v) is 1.58. The lowest BCUT2D eigenvalue weighted by atomic mass is 10.4. The summed E-state index contributed by atoms with van der Waals surface area (Å²) >= 11 is 0. The minimum atomic E-state index is 0.164. The molecule has 0 aromatic heterocycles. The highest BCUT2D eigenvalue weighted by atomic mass is 16.2. The van der Waals surface area contributed by atoms with Crippen LogP contribution in [0.5, 0.6) is 0 Å². The highest BCUT2D eigenvalue weighted by Crippen LogP contribution is 2.27. The van der Waals surface area contributed by atoms with Gasteiger partial charge in [0.1, 0.15) is 0 Å². The molecule has 1 rings (SSSR count). The Morgan fingerprint density at radius 1 is 1.43 bits per heavy atom. The molecule has 1 aliphatic rings. The molecule has 0 atom stereocenters. The quantitative estimate of drug-likeness (QED) is 0.618. The van der Waals surface area contributed by atoms with Gasteiger partial charge in [0.05, 0.1) is 0 Å². The Bertz CT molecular complexity index is 207. The van der Waals surface area contributed by atoms with Crippen molar-refractivity contribution in [2.24, 2.45) is 0 Å². The van der Waals surface area contributed by atoms with Gasteiger partial charge < -0.3 is 9.80 Å². The Labute approximate surface area is 86.4 Å². The molecule has 14 heavy (non-hydrogen) atoms. The smallest absolute Gasteiger partial charge is 0.320 e. The summed E-state index contributed by atoms with van der Waals surface area (Å²) in [5.74, 6) is 0. The van der Waals surface area contributed by atoms with Crippen LogP contribution in [0.2, 0.25) is 0 Å². The van der Waals surface area contributed by atoms with Crippen molar-refractivity contribution in [2.45, 2.75) is 32.7 Å². The third kappa shape index (κ3) is 2.50. The lowest BCUT2D eigenvalue weighted by molar-refractivity contribution is 0.160. The standard InChI is InChI=1S/C11H20N2O/c1-4-9-13(10-7-8-10)11(14)12(5-2)6-3/h4,10H,1,5-9H2,2-3H3. The second-order valence-electron chi connectivity index (χ2n) is 3.63. The van der Waals surface area contributed by atoms with Crippen molar-refractivity contribution in [3.05, 3.63) is 12.7 Å². The van der Waals surface area contributed by atoms with E-state index in [2.05, 4.69) is 6.58 Å². The van der Waals surface area contributed by atoms with Gasteiger partial charge >= 0.3 is 6.03 Å². The number of carbonyl (C=O) groups excluding carboxylic acids is 1. The van der Waals surface area contributed by atoms with Gasteiger partial charge in [-0.3, -0.25) is 0 Å². The molecular formula is C11H20N2O. The predicted octanol–water partition coefficient (Wildman–Crippen LogP) is 2.10. The van der Waals surface area contributed by atoms with Crippen LogP contribution in [0.4, 0.5) is 4.79 Å². The van der Waals surface area contributed by atoms with Crippen molar-refractivity contribution in [3.63, 3.8) is 0 Å². The maximum Gasteiger partial charge on any atom is 0.320 e. The van der Waals surface area contributed by atoms with Gasteiger partial charge in [-0.05, 0) is 26.7 Å². The summed E-state index contributed by atoms with van der Waals surface area (Å²) in [7, 11) is 0. The monoisotopic (exact) mass is 196 g/mol. The van der Waals surface area contributed by atoms with Crippen molar-refractivity contribution in [2.75, 3.05) is 19.6 Å². The van der Waals surface area contributed by atoms with Gasteiger partial charge in [-0.1, -0.05) is 6.08 Å². The van der Waals surface area contributed by atoms with Crippen LogP contribution in [-0.2, 0) is 0 Å². The number of rotatable bonds is 5. The predicted molar refractivity (Wildman–Crippen MR) is 58.2 cm³/mol. The first-order valence-corrected chi connectivity index (χ1v) is 5.41. The van der Waals surface area contributed by atoms with E-state index in [0.29, 0.717) is 12.6 Å². The maximum atomic E-state index is 12.0. The van der Waals surface area contributed by atoms with Gasteiger partial charge in [-0.25, -0.2) is 4.79 Å². The van der Waals surface area contributed by atoms with E-state index in [0.717, 1.165) is 25.9 Å². The van der Waals surface area contributed by atoms with Crippen molar-refractivity contribution in [3.8, 4) is 0 Å². The fraction of sp³-hybridized carbons (Fsp3) is 0.727. The van der Waals surface area contributed by atoms with Crippen LogP contribution in [0.1, 0.15) is 26.7 Å². The molecule has 3 nitrogen and oxygen atoms in total. The normalized spacial score (nSPS) is 15.0. The zero-order valence-electron chi connectivity index (χ0n) is 9.20. The van der Waals surface area contributed by atoms with Crippen LogP contribution in [0.25, 0.3) is 0 Å². The molecule has 0 aromatic carbocycles. The van der Waals surface area contributed by atoms with E-state index in [9.17, 15) is 4.79 Å². The lowest BCUT2D eigenvalue weighted by Gasteiger charge is -2.28. The average molecular weight is 196 g/mol. The second kappa shape index (κ2) is 5.03. The average Bonchev–Trinajstić information content (AvgIpc) is 2.99. The molecule has 0 aromatic rings. The summed E-state index contributed by atoms with van der Waals surface area (Å²) in [6.45, 7) is 9.98. The molecule has 1 fully saturated rings. The Kier molecular flexibility index (Phi) is 3.98. The highest BCUT2D eigenvalue weighted by molar-refractivity contribution is 5.75. The number of nitrogens with zero attached hydrogens (tertiary/aromatic N) is 2. The Balaban J connectivity index is 2.56. The number of carbonyl (C=O) groups is 1. The van der Waals surface area contributed by atoms with Crippen molar-refractivity contribution in [1.82, 2.24) is 9.80 Å². The SMILES string of the molecule is C=CCN(C(=O)N(CC)CC)C1CC1. The van der Waals surface area contributed by atoms with E-state index in [-0.39, 0.29) is 6.03 Å². The maximum absolute atomic E-state index is 12.0. The van der Waals surface area contributed by atoms with Gasteiger partial charge in [0.25, 0.3) is 0 Å². The number of hydrogen-bond donors (Lipinski definition) is 0. The molecule has 3 heteroatoms. The van der Waals surface area contributed by atoms with Crippen LogP contribution < -0.4 is 0 Å². The van der Waals surface area contributed by atoms with E-state index in [1.807, 2.05) is 23.6 Å². The van der Waals surface area contributed by atoms with E-state index in [4.69, 9.17) is 0 Å². The zero-order valence-corrected chi connectivity index (χ0v) is 9.20. The van der Waals surface area contributed by atoms with Gasteiger partial charge in [0.15, 0.2) is 0 Å². The molecule has 0 bridgehead atoms. The zero-order chi connectivity index (χ0) is 10.6. The lowest BCUT2D eigenvalue weighted by Crippen LogP contribution is -2.44. The van der Waals surface area contributed by atoms with Crippen LogP contribution >= 0.6 is 0 Å². The molecule has 1 aliphatic carbocycles. The first-order chi connectivity index (χ1) is 6.74. The van der Waals surface area contributed by atoms with Crippen molar-refractivity contribution in [1.29, 1.82) is 0 Å². The molecule has 0 N–H and O–H groups in total. The van der Waals surface area contributed by atoms with Gasteiger partial charge in [0.2, 0.25) is 0 Å². The summed E-state index contributed by atoms with van der Waals surface area (Å²) in [6, 6.07) is 0.638. The van der Waals surface area contributed by atoms with E-state index < -0.39 is 0 Å². The van der Waals surface area contributed by atoms with E-state index >= 15 is 0 Å². The minimum Gasteiger partial charge on any atom is -0.325 e. The summed E-state index contributed by atoms with van der Waals surface area (Å²) < 4.78 is 0. The molecule has 80 valence electrons. The fourth-order valence-electron chi connectivity index (χ4n) is 1.58. The van der Waals surface area contributed by atoms with Crippen LogP contribution in [0.3, 0.4) is 0 Å². The summed E-state index contributed by atoms with van der Waals surface area (Å²) in [6.07, 6.45) is 4.11. The molecule has 0 spiro atoms. The van der Waals surface area contributed by atoms with Crippen LogP contribution in [0, 0.1) is 0 Å². The molecule has 0 aliphatic heterocycles. The second-order valence-corrected chi connectivity index (χ2v) is 3.63. The van der Waals surface area contributed by atoms with Gasteiger partial charge in [-0.15, -0.1) is 6.58 Å². The Morgan fingerprint density at radius 2 is 2.00 bits per heavy atom. The number of urea groups is 1. The molecular weight excluding hydrogens is 176 g/mol. The minimum absolute atomic E-state index is 0.164. The van der Waals surface area contributed by atoms with Crippen molar-refractivity contribution < 1.29 is 4.79 Å². The van der Waals surface area contributed by atoms with Crippen LogP contribution in [0.15, 0.2) is 12.7 Å². The summed E-state index contributed by atoms with van der Waals surface area (Å²) in [4.78, 5) is 15.8. The first-order valence-electron chi connectivity index (χ1n) is 5.41. The van der Waals surface area contributed by atoms with Gasteiger partial charge in [0, 0.05) is 25.7 Å². The largest absolute Gasteiger partial charge is 0.325 e.